The molecule has 2 aliphatic rings. The van der Waals surface area contributed by atoms with Crippen LogP contribution in [0.3, 0.4) is 0 Å². The number of hydrogen-bond donors (Lipinski definition) is 1. The number of alkyl halides is 3. The molecule has 1 aliphatic carbocycles. The first-order chi connectivity index (χ1) is 18.2. The highest BCUT2D eigenvalue weighted by atomic mass is 35.5. The zero-order valence-electron chi connectivity index (χ0n) is 22.2. The molecule has 0 spiro atoms. The van der Waals surface area contributed by atoms with Crippen LogP contribution in [0, 0.1) is 0 Å². The fourth-order valence-corrected chi connectivity index (χ4v) is 6.16. The Bertz CT molecular complexity index is 1170. The zero-order chi connectivity index (χ0) is 27.3. The molecule has 0 amide bonds. The van der Waals surface area contributed by atoms with E-state index < -0.39 is 17.3 Å². The van der Waals surface area contributed by atoms with Crippen molar-refractivity contribution in [2.75, 3.05) is 19.6 Å². The third-order valence-corrected chi connectivity index (χ3v) is 8.31. The van der Waals surface area contributed by atoms with Crippen LogP contribution in [0.1, 0.15) is 78.8 Å². The fourth-order valence-electron chi connectivity index (χ4n) is 5.94. The number of hydrogen-bond acceptors (Lipinski definition) is 2. The Morgan fingerprint density at radius 2 is 1.45 bits per heavy atom. The number of halogens is 4. The molecule has 6 heteroatoms. The Morgan fingerprint density at radius 3 is 2.00 bits per heavy atom. The van der Waals surface area contributed by atoms with Gasteiger partial charge in [-0.15, -0.1) is 0 Å². The maximum Gasteiger partial charge on any atom is 0.417 e. The largest absolute Gasteiger partial charge is 0.417 e. The van der Waals surface area contributed by atoms with E-state index in [2.05, 4.69) is 53.4 Å². The van der Waals surface area contributed by atoms with Crippen LogP contribution >= 0.6 is 11.6 Å². The maximum absolute atomic E-state index is 13.3. The second kappa shape index (κ2) is 12.2. The minimum absolute atomic E-state index is 0.297. The molecule has 2 nitrogen and oxygen atoms in total. The van der Waals surface area contributed by atoms with E-state index in [0.29, 0.717) is 37.4 Å². The summed E-state index contributed by atoms with van der Waals surface area (Å²) in [5.74, 6) is 0.372. The van der Waals surface area contributed by atoms with Gasteiger partial charge in [-0.2, -0.15) is 13.2 Å². The summed E-state index contributed by atoms with van der Waals surface area (Å²) in [4.78, 5) is 2.32. The number of rotatable bonds is 5. The molecular weight excluding hydrogens is 507 g/mol. The van der Waals surface area contributed by atoms with Crippen molar-refractivity contribution >= 4 is 11.6 Å². The SMILES string of the molecule is CC.OC1(c2ccc(Cl)c(C(F)(F)F)c2)CCN(CCCC2c3ccccc3CCc3ccccc32)CC1. The first-order valence-corrected chi connectivity index (χ1v) is 14.1. The zero-order valence-corrected chi connectivity index (χ0v) is 23.0. The van der Waals surface area contributed by atoms with E-state index >= 15 is 0 Å². The van der Waals surface area contributed by atoms with Gasteiger partial charge in [-0.25, -0.2) is 0 Å². The first-order valence-electron chi connectivity index (χ1n) is 13.7. The van der Waals surface area contributed by atoms with E-state index in [1.165, 1.54) is 34.4 Å². The summed E-state index contributed by atoms with van der Waals surface area (Å²) in [6, 6.07) is 21.3. The van der Waals surface area contributed by atoms with Crippen LogP contribution in [0.5, 0.6) is 0 Å². The number of likely N-dealkylation sites (tertiary alicyclic amines) is 1. The van der Waals surface area contributed by atoms with Gasteiger partial charge in [-0.3, -0.25) is 0 Å². The van der Waals surface area contributed by atoms with Gasteiger partial charge in [0.1, 0.15) is 0 Å². The molecule has 0 saturated carbocycles. The van der Waals surface area contributed by atoms with Gasteiger partial charge < -0.3 is 10.0 Å². The van der Waals surface area contributed by atoms with Crippen molar-refractivity contribution in [3.8, 4) is 0 Å². The lowest BCUT2D eigenvalue weighted by Crippen LogP contribution is -2.43. The van der Waals surface area contributed by atoms with Gasteiger partial charge in [0.15, 0.2) is 0 Å². The highest BCUT2D eigenvalue weighted by Gasteiger charge is 2.38. The molecule has 0 radical (unpaired) electrons. The van der Waals surface area contributed by atoms with Crippen LogP contribution in [0.15, 0.2) is 66.7 Å². The molecule has 204 valence electrons. The van der Waals surface area contributed by atoms with Gasteiger partial charge in [0.05, 0.1) is 16.2 Å². The first kappa shape index (κ1) is 28.7. The molecule has 3 aromatic rings. The molecule has 1 fully saturated rings. The Hall–Kier alpha value is -2.34. The lowest BCUT2D eigenvalue weighted by Gasteiger charge is -2.39. The standard InChI is InChI=1S/C30H31ClF3NO.C2H6/c31-28-14-13-23(20-27(28)30(32,33)34)29(36)15-18-35(19-16-29)17-5-10-26-24-8-3-1-6-21(24)11-12-22-7-2-4-9-25(22)26;1-2/h1-4,6-9,13-14,20,26,36H,5,10-12,15-19H2;1-2H3. The van der Waals surface area contributed by atoms with Crippen LogP contribution < -0.4 is 0 Å². The third-order valence-electron chi connectivity index (χ3n) is 7.98. The number of nitrogens with zero attached hydrogens (tertiary/aromatic N) is 1. The van der Waals surface area contributed by atoms with Crippen molar-refractivity contribution in [1.29, 1.82) is 0 Å². The van der Waals surface area contributed by atoms with E-state index in [-0.39, 0.29) is 5.02 Å². The second-order valence-corrected chi connectivity index (χ2v) is 10.6. The average Bonchev–Trinajstić information content (AvgIpc) is 3.08. The van der Waals surface area contributed by atoms with Crippen LogP contribution in [0.2, 0.25) is 5.02 Å². The van der Waals surface area contributed by atoms with E-state index in [1.54, 1.807) is 0 Å². The van der Waals surface area contributed by atoms with Gasteiger partial charge >= 0.3 is 6.18 Å². The van der Waals surface area contributed by atoms with Crippen molar-refractivity contribution < 1.29 is 18.3 Å². The Balaban J connectivity index is 0.00000164. The summed E-state index contributed by atoms with van der Waals surface area (Å²) in [6.07, 6.45) is 0.456. The molecule has 1 saturated heterocycles. The van der Waals surface area contributed by atoms with Crippen molar-refractivity contribution in [2.45, 2.75) is 70.1 Å². The van der Waals surface area contributed by atoms with Gasteiger partial charge in [0.25, 0.3) is 0 Å². The lowest BCUT2D eigenvalue weighted by molar-refractivity contribution is -0.137. The molecular formula is C32H37ClF3NO. The van der Waals surface area contributed by atoms with Crippen LogP contribution in [0.25, 0.3) is 0 Å². The highest BCUT2D eigenvalue weighted by Crippen LogP contribution is 2.41. The molecule has 38 heavy (non-hydrogen) atoms. The predicted octanol–water partition coefficient (Wildman–Crippen LogP) is 8.38. The third kappa shape index (κ3) is 6.27. The van der Waals surface area contributed by atoms with Crippen molar-refractivity contribution in [3.05, 3.63) is 105 Å². The summed E-state index contributed by atoms with van der Waals surface area (Å²) in [7, 11) is 0. The highest BCUT2D eigenvalue weighted by molar-refractivity contribution is 6.31. The Morgan fingerprint density at radius 1 is 0.895 bits per heavy atom. The molecule has 1 N–H and O–H groups in total. The minimum Gasteiger partial charge on any atom is -0.385 e. The second-order valence-electron chi connectivity index (χ2n) is 10.2. The van der Waals surface area contributed by atoms with Gasteiger partial charge in [-0.1, -0.05) is 80.0 Å². The van der Waals surface area contributed by atoms with Crippen LogP contribution in [-0.2, 0) is 24.6 Å². The van der Waals surface area contributed by atoms with Gasteiger partial charge in [-0.05, 0) is 85.0 Å². The van der Waals surface area contributed by atoms with Crippen LogP contribution in [-0.4, -0.2) is 29.6 Å². The summed E-state index contributed by atoms with van der Waals surface area (Å²) >= 11 is 5.77. The fraction of sp³-hybridized carbons (Fsp3) is 0.438. The summed E-state index contributed by atoms with van der Waals surface area (Å²) in [5, 5.41) is 10.8. The summed E-state index contributed by atoms with van der Waals surface area (Å²) < 4.78 is 39.9. The topological polar surface area (TPSA) is 23.5 Å². The average molecular weight is 544 g/mol. The van der Waals surface area contributed by atoms with Crippen molar-refractivity contribution in [3.63, 3.8) is 0 Å². The summed E-state index contributed by atoms with van der Waals surface area (Å²) in [5.41, 5.74) is 3.87. The molecule has 0 atom stereocenters. The number of piperidine rings is 1. The molecule has 3 aromatic carbocycles. The molecule has 0 bridgehead atoms. The predicted molar refractivity (Wildman–Crippen MR) is 149 cm³/mol. The monoisotopic (exact) mass is 543 g/mol. The number of aliphatic hydroxyl groups is 1. The lowest BCUT2D eigenvalue weighted by atomic mass is 9.83. The quantitative estimate of drug-likeness (QED) is 0.349. The maximum atomic E-state index is 13.3. The molecule has 1 aliphatic heterocycles. The number of benzene rings is 3. The minimum atomic E-state index is -4.54. The van der Waals surface area contributed by atoms with Gasteiger partial charge in [0.2, 0.25) is 0 Å². The normalized spacial score (nSPS) is 17.6. The van der Waals surface area contributed by atoms with Gasteiger partial charge in [0, 0.05) is 19.0 Å². The molecule has 0 unspecified atom stereocenters. The van der Waals surface area contributed by atoms with E-state index in [0.717, 1.165) is 38.3 Å². The molecule has 5 rings (SSSR count). The van der Waals surface area contributed by atoms with Crippen molar-refractivity contribution in [1.82, 2.24) is 4.90 Å². The number of fused-ring (bicyclic) bond motifs is 2. The Kier molecular flexibility index (Phi) is 9.23. The summed E-state index contributed by atoms with van der Waals surface area (Å²) in [6.45, 7) is 6.21. The molecule has 0 aromatic heterocycles. The van der Waals surface area contributed by atoms with Crippen LogP contribution in [0.4, 0.5) is 13.2 Å². The Labute approximate surface area is 229 Å². The number of aryl methyl sites for hydroxylation is 2. The van der Waals surface area contributed by atoms with E-state index in [4.69, 9.17) is 11.6 Å². The smallest absolute Gasteiger partial charge is 0.385 e. The van der Waals surface area contributed by atoms with Crippen molar-refractivity contribution in [2.24, 2.45) is 0 Å². The molecule has 1 heterocycles. The van der Waals surface area contributed by atoms with E-state index in [1.807, 2.05) is 13.8 Å². The van der Waals surface area contributed by atoms with E-state index in [9.17, 15) is 18.3 Å².